The predicted molar refractivity (Wildman–Crippen MR) is 126 cm³/mol. The highest BCUT2D eigenvalue weighted by atomic mass is 16.5. The maximum atomic E-state index is 13.2. The summed E-state index contributed by atoms with van der Waals surface area (Å²) in [6.45, 7) is 7.96. The molecule has 3 heterocycles. The first kappa shape index (κ1) is 22.7. The lowest BCUT2D eigenvalue weighted by Crippen LogP contribution is -2.37. The van der Waals surface area contributed by atoms with E-state index in [1.165, 1.54) is 0 Å². The first-order valence-corrected chi connectivity index (χ1v) is 11.5. The van der Waals surface area contributed by atoms with E-state index in [0.29, 0.717) is 32.6 Å². The Hall–Kier alpha value is -3.48. The summed E-state index contributed by atoms with van der Waals surface area (Å²) in [5.74, 6) is -0.0237. The zero-order valence-corrected chi connectivity index (χ0v) is 19.4. The molecule has 1 fully saturated rings. The highest BCUT2D eigenvalue weighted by Crippen LogP contribution is 2.23. The van der Waals surface area contributed by atoms with Crippen LogP contribution in [0.5, 0.6) is 0 Å². The van der Waals surface area contributed by atoms with Gasteiger partial charge >= 0.3 is 0 Å². The van der Waals surface area contributed by atoms with Gasteiger partial charge in [-0.3, -0.25) is 14.6 Å². The summed E-state index contributed by atoms with van der Waals surface area (Å²) >= 11 is 0. The third kappa shape index (κ3) is 5.13. The van der Waals surface area contributed by atoms with Crippen molar-refractivity contribution < 1.29 is 14.1 Å². The van der Waals surface area contributed by atoms with Crippen LogP contribution in [0.25, 0.3) is 11.1 Å². The van der Waals surface area contributed by atoms with Crippen molar-refractivity contribution in [3.8, 4) is 11.1 Å². The molecule has 0 N–H and O–H groups in total. The SMILES string of the molecule is CCN1CCN(C(=O)c2cc(C(C)C)no2)C[C@H](Cc2ccc(-c3cccnc3)cc2)C1=O. The fourth-order valence-corrected chi connectivity index (χ4v) is 4.16. The van der Waals surface area contributed by atoms with Gasteiger partial charge in [-0.2, -0.15) is 0 Å². The Labute approximate surface area is 194 Å². The van der Waals surface area contributed by atoms with E-state index in [1.54, 1.807) is 17.2 Å². The second-order valence-electron chi connectivity index (χ2n) is 8.78. The van der Waals surface area contributed by atoms with Crippen molar-refractivity contribution in [1.29, 1.82) is 0 Å². The van der Waals surface area contributed by atoms with Gasteiger partial charge in [0.15, 0.2) is 0 Å². The number of likely N-dealkylation sites (N-methyl/N-ethyl adjacent to an activating group) is 1. The summed E-state index contributed by atoms with van der Waals surface area (Å²) in [4.78, 5) is 34.1. The molecule has 1 saturated heterocycles. The van der Waals surface area contributed by atoms with E-state index in [0.717, 1.165) is 22.4 Å². The summed E-state index contributed by atoms with van der Waals surface area (Å²) in [5.41, 5.74) is 3.95. The fraction of sp³-hybridized carbons (Fsp3) is 0.385. The molecule has 2 amide bonds. The van der Waals surface area contributed by atoms with Crippen LogP contribution in [-0.2, 0) is 11.2 Å². The lowest BCUT2D eigenvalue weighted by Gasteiger charge is -2.23. The number of benzene rings is 1. The highest BCUT2D eigenvalue weighted by Gasteiger charge is 2.33. The highest BCUT2D eigenvalue weighted by molar-refractivity contribution is 5.92. The van der Waals surface area contributed by atoms with Crippen LogP contribution in [0.3, 0.4) is 0 Å². The van der Waals surface area contributed by atoms with E-state index in [1.807, 2.05) is 56.1 Å². The summed E-state index contributed by atoms with van der Waals surface area (Å²) < 4.78 is 5.33. The van der Waals surface area contributed by atoms with E-state index < -0.39 is 0 Å². The van der Waals surface area contributed by atoms with Crippen molar-refractivity contribution in [2.45, 2.75) is 33.1 Å². The van der Waals surface area contributed by atoms with Crippen LogP contribution in [-0.4, -0.2) is 57.9 Å². The van der Waals surface area contributed by atoms with Crippen molar-refractivity contribution in [2.24, 2.45) is 5.92 Å². The largest absolute Gasteiger partial charge is 0.351 e. The van der Waals surface area contributed by atoms with E-state index in [4.69, 9.17) is 4.52 Å². The van der Waals surface area contributed by atoms with E-state index in [2.05, 4.69) is 22.3 Å². The third-order valence-corrected chi connectivity index (χ3v) is 6.17. The molecule has 1 aliphatic heterocycles. The number of carbonyl (C=O) groups excluding carboxylic acids is 2. The Balaban J connectivity index is 1.52. The number of carbonyl (C=O) groups is 2. The average molecular weight is 447 g/mol. The molecular weight excluding hydrogens is 416 g/mol. The van der Waals surface area contributed by atoms with Gasteiger partial charge < -0.3 is 14.3 Å². The molecule has 1 atom stereocenters. The third-order valence-electron chi connectivity index (χ3n) is 6.17. The number of pyridine rings is 1. The predicted octanol–water partition coefficient (Wildman–Crippen LogP) is 4.02. The molecule has 4 rings (SSSR count). The minimum atomic E-state index is -0.312. The Morgan fingerprint density at radius 2 is 1.94 bits per heavy atom. The Morgan fingerprint density at radius 1 is 1.15 bits per heavy atom. The van der Waals surface area contributed by atoms with Gasteiger partial charge in [-0.1, -0.05) is 49.3 Å². The van der Waals surface area contributed by atoms with Crippen molar-refractivity contribution in [3.63, 3.8) is 0 Å². The first-order valence-electron chi connectivity index (χ1n) is 11.5. The zero-order valence-electron chi connectivity index (χ0n) is 19.4. The van der Waals surface area contributed by atoms with E-state index in [-0.39, 0.29) is 29.4 Å². The number of amides is 2. The fourth-order valence-electron chi connectivity index (χ4n) is 4.16. The Bertz CT molecular complexity index is 1090. The minimum Gasteiger partial charge on any atom is -0.351 e. The van der Waals surface area contributed by atoms with Gasteiger partial charge in [-0.15, -0.1) is 0 Å². The summed E-state index contributed by atoms with van der Waals surface area (Å²) in [5, 5.41) is 4.02. The van der Waals surface area contributed by atoms with Crippen molar-refractivity contribution in [2.75, 3.05) is 26.2 Å². The maximum Gasteiger partial charge on any atom is 0.292 e. The molecule has 7 nitrogen and oxygen atoms in total. The molecule has 3 aromatic rings. The van der Waals surface area contributed by atoms with Crippen molar-refractivity contribution in [1.82, 2.24) is 19.9 Å². The van der Waals surface area contributed by atoms with Gasteiger partial charge in [0.2, 0.25) is 11.7 Å². The molecule has 2 aromatic heterocycles. The Kier molecular flexibility index (Phi) is 6.87. The molecule has 0 unspecified atom stereocenters. The molecule has 0 saturated carbocycles. The smallest absolute Gasteiger partial charge is 0.292 e. The lowest BCUT2D eigenvalue weighted by molar-refractivity contribution is -0.134. The van der Waals surface area contributed by atoms with Crippen LogP contribution in [0.4, 0.5) is 0 Å². The second-order valence-corrected chi connectivity index (χ2v) is 8.78. The molecule has 33 heavy (non-hydrogen) atoms. The molecule has 0 bridgehead atoms. The topological polar surface area (TPSA) is 79.5 Å². The van der Waals surface area contributed by atoms with Gasteiger partial charge in [0, 0.05) is 44.6 Å². The monoisotopic (exact) mass is 446 g/mol. The average Bonchev–Trinajstić information content (AvgIpc) is 3.28. The second kappa shape index (κ2) is 9.98. The van der Waals surface area contributed by atoms with Crippen LogP contribution < -0.4 is 0 Å². The van der Waals surface area contributed by atoms with Gasteiger partial charge in [0.1, 0.15) is 0 Å². The first-order chi connectivity index (χ1) is 16.0. The molecule has 172 valence electrons. The minimum absolute atomic E-state index is 0.0876. The maximum absolute atomic E-state index is 13.2. The quantitative estimate of drug-likeness (QED) is 0.571. The number of nitrogens with zero attached hydrogens (tertiary/aromatic N) is 4. The zero-order chi connectivity index (χ0) is 23.4. The summed E-state index contributed by atoms with van der Waals surface area (Å²) in [7, 11) is 0. The molecule has 1 aromatic carbocycles. The Morgan fingerprint density at radius 3 is 2.58 bits per heavy atom. The normalized spacial score (nSPS) is 16.8. The van der Waals surface area contributed by atoms with Gasteiger partial charge in [-0.05, 0) is 42.0 Å². The number of hydrogen-bond donors (Lipinski definition) is 0. The van der Waals surface area contributed by atoms with Crippen molar-refractivity contribution in [3.05, 3.63) is 71.9 Å². The molecule has 0 radical (unpaired) electrons. The van der Waals surface area contributed by atoms with Crippen LogP contribution in [0.1, 0.15) is 48.5 Å². The van der Waals surface area contributed by atoms with Crippen LogP contribution >= 0.6 is 0 Å². The molecular formula is C26H30N4O3. The van der Waals surface area contributed by atoms with Gasteiger partial charge in [0.05, 0.1) is 11.6 Å². The molecule has 0 spiro atoms. The van der Waals surface area contributed by atoms with Crippen molar-refractivity contribution >= 4 is 11.8 Å². The molecule has 7 heteroatoms. The standard InChI is InChI=1S/C26H30N4O3/c1-4-29-12-13-30(26(32)24-15-23(18(2)3)28-33-24)17-22(25(29)31)14-19-7-9-20(10-8-19)21-6-5-11-27-16-21/h5-11,15-16,18,22H,4,12-14,17H2,1-3H3/t22-/m0/s1. The molecule has 1 aliphatic rings. The summed E-state index contributed by atoms with van der Waals surface area (Å²) in [6, 6.07) is 13.8. The molecule has 0 aliphatic carbocycles. The van der Waals surface area contributed by atoms with E-state index >= 15 is 0 Å². The lowest BCUT2D eigenvalue weighted by atomic mass is 9.96. The van der Waals surface area contributed by atoms with Crippen LogP contribution in [0.15, 0.2) is 59.4 Å². The van der Waals surface area contributed by atoms with Crippen LogP contribution in [0.2, 0.25) is 0 Å². The number of rotatable bonds is 6. The summed E-state index contributed by atoms with van der Waals surface area (Å²) in [6.07, 6.45) is 4.16. The van der Waals surface area contributed by atoms with Gasteiger partial charge in [0.25, 0.3) is 5.91 Å². The van der Waals surface area contributed by atoms with Crippen LogP contribution in [0, 0.1) is 5.92 Å². The number of hydrogen-bond acceptors (Lipinski definition) is 5. The van der Waals surface area contributed by atoms with E-state index in [9.17, 15) is 9.59 Å². The van der Waals surface area contributed by atoms with Gasteiger partial charge in [-0.25, -0.2) is 0 Å². The number of aromatic nitrogens is 2.